The van der Waals surface area contributed by atoms with Crippen LogP contribution in [0.4, 0.5) is 0 Å². The van der Waals surface area contributed by atoms with E-state index in [0.29, 0.717) is 6.61 Å². The van der Waals surface area contributed by atoms with Gasteiger partial charge < -0.3 is 9.84 Å². The second kappa shape index (κ2) is 6.93. The van der Waals surface area contributed by atoms with Crippen LogP contribution in [0.5, 0.6) is 0 Å². The van der Waals surface area contributed by atoms with Gasteiger partial charge in [0.25, 0.3) is 0 Å². The minimum absolute atomic E-state index is 0.0685. The first-order valence-corrected chi connectivity index (χ1v) is 7.15. The first-order valence-electron chi connectivity index (χ1n) is 5.50. The molecule has 6 nitrogen and oxygen atoms in total. The van der Waals surface area contributed by atoms with E-state index in [1.165, 1.54) is 0 Å². The van der Waals surface area contributed by atoms with Crippen LogP contribution in [0.3, 0.4) is 0 Å². The number of aliphatic carboxylic acids is 1. The minimum Gasteiger partial charge on any atom is -0.481 e. The van der Waals surface area contributed by atoms with Gasteiger partial charge in [-0.05, 0) is 27.2 Å². The molecule has 0 bridgehead atoms. The molecule has 0 aliphatic heterocycles. The van der Waals surface area contributed by atoms with Crippen LogP contribution in [-0.2, 0) is 19.6 Å². The molecule has 0 amide bonds. The quantitative estimate of drug-likeness (QED) is 0.596. The van der Waals surface area contributed by atoms with Crippen LogP contribution in [0.2, 0.25) is 0 Å². The van der Waals surface area contributed by atoms with Crippen molar-refractivity contribution in [2.45, 2.75) is 39.2 Å². The molecule has 0 saturated carbocycles. The summed E-state index contributed by atoms with van der Waals surface area (Å²) in [4.78, 5) is 10.4. The van der Waals surface area contributed by atoms with E-state index in [2.05, 4.69) is 4.72 Å². The van der Waals surface area contributed by atoms with Gasteiger partial charge in [0.1, 0.15) is 0 Å². The van der Waals surface area contributed by atoms with E-state index in [-0.39, 0.29) is 25.2 Å². The van der Waals surface area contributed by atoms with Crippen molar-refractivity contribution in [3.05, 3.63) is 0 Å². The van der Waals surface area contributed by atoms with E-state index in [1.54, 1.807) is 20.8 Å². The van der Waals surface area contributed by atoms with Crippen LogP contribution < -0.4 is 4.72 Å². The molecule has 0 heterocycles. The van der Waals surface area contributed by atoms with Crippen LogP contribution in [0, 0.1) is 0 Å². The predicted octanol–water partition coefficient (Wildman–Crippen LogP) is 0.586. The average Bonchev–Trinajstić information content (AvgIpc) is 2.13. The Hall–Kier alpha value is -0.660. The summed E-state index contributed by atoms with van der Waals surface area (Å²) in [5, 5.41) is 8.55. The average molecular weight is 267 g/mol. The number of rotatable bonds is 9. The van der Waals surface area contributed by atoms with Gasteiger partial charge in [0.05, 0.1) is 12.4 Å². The highest BCUT2D eigenvalue weighted by molar-refractivity contribution is 7.89. The lowest BCUT2D eigenvalue weighted by Gasteiger charge is -2.25. The van der Waals surface area contributed by atoms with E-state index in [4.69, 9.17) is 9.84 Å². The van der Waals surface area contributed by atoms with Gasteiger partial charge >= 0.3 is 5.97 Å². The normalized spacial score (nSPS) is 12.6. The molecule has 0 radical (unpaired) electrons. The van der Waals surface area contributed by atoms with Crippen molar-refractivity contribution in [2.75, 3.05) is 19.0 Å². The summed E-state index contributed by atoms with van der Waals surface area (Å²) in [7, 11) is -3.43. The molecule has 2 N–H and O–H groups in total. The number of hydrogen-bond donors (Lipinski definition) is 2. The lowest BCUT2D eigenvalue weighted by Crippen LogP contribution is -2.45. The number of sulfonamides is 1. The van der Waals surface area contributed by atoms with Crippen molar-refractivity contribution in [3.63, 3.8) is 0 Å². The van der Waals surface area contributed by atoms with E-state index in [0.717, 1.165) is 0 Å². The SMILES string of the molecule is CCOCCS(=O)(=O)NC(C)(C)CCC(=O)O. The number of carbonyl (C=O) groups is 1. The smallest absolute Gasteiger partial charge is 0.303 e. The summed E-state index contributed by atoms with van der Waals surface area (Å²) in [6, 6.07) is 0. The van der Waals surface area contributed by atoms with E-state index >= 15 is 0 Å². The van der Waals surface area contributed by atoms with Crippen molar-refractivity contribution < 1.29 is 23.1 Å². The molecule has 0 rings (SSSR count). The summed E-state index contributed by atoms with van der Waals surface area (Å²) in [6.07, 6.45) is 0.178. The van der Waals surface area contributed by atoms with Gasteiger partial charge in [0.15, 0.2) is 0 Å². The molecule has 0 aromatic rings. The second-order valence-electron chi connectivity index (χ2n) is 4.40. The van der Waals surface area contributed by atoms with Crippen LogP contribution in [0.1, 0.15) is 33.6 Å². The first-order chi connectivity index (χ1) is 7.68. The van der Waals surface area contributed by atoms with Crippen molar-refractivity contribution in [1.29, 1.82) is 0 Å². The summed E-state index contributed by atoms with van der Waals surface area (Å²) in [6.45, 7) is 5.72. The second-order valence-corrected chi connectivity index (χ2v) is 6.24. The Morgan fingerprint density at radius 3 is 2.47 bits per heavy atom. The number of ether oxygens (including phenoxy) is 1. The van der Waals surface area contributed by atoms with Crippen molar-refractivity contribution in [1.82, 2.24) is 4.72 Å². The Morgan fingerprint density at radius 2 is 2.00 bits per heavy atom. The fourth-order valence-electron chi connectivity index (χ4n) is 1.26. The summed E-state index contributed by atoms with van der Waals surface area (Å²) in [5.41, 5.74) is -0.760. The molecular formula is C10H21NO5S. The summed E-state index contributed by atoms with van der Waals surface area (Å²) < 4.78 is 30.7. The number of carboxylic acid groups (broad SMARTS) is 1. The highest BCUT2D eigenvalue weighted by Crippen LogP contribution is 2.12. The monoisotopic (exact) mass is 267 g/mol. The third-order valence-corrected chi connectivity index (χ3v) is 3.66. The van der Waals surface area contributed by atoms with E-state index in [9.17, 15) is 13.2 Å². The molecule has 0 spiro atoms. The lowest BCUT2D eigenvalue weighted by atomic mass is 10.0. The maximum atomic E-state index is 11.6. The van der Waals surface area contributed by atoms with Gasteiger partial charge in [0, 0.05) is 18.6 Å². The maximum absolute atomic E-state index is 11.6. The Bertz CT molecular complexity index is 337. The molecular weight excluding hydrogens is 246 g/mol. The molecule has 0 fully saturated rings. The molecule has 102 valence electrons. The number of carboxylic acids is 1. The van der Waals surface area contributed by atoms with Gasteiger partial charge in [-0.3, -0.25) is 4.79 Å². The van der Waals surface area contributed by atoms with E-state index < -0.39 is 21.5 Å². The maximum Gasteiger partial charge on any atom is 0.303 e. The molecule has 0 aromatic carbocycles. The Labute approximate surface area is 102 Å². The van der Waals surface area contributed by atoms with Crippen LogP contribution in [0.25, 0.3) is 0 Å². The lowest BCUT2D eigenvalue weighted by molar-refractivity contribution is -0.137. The van der Waals surface area contributed by atoms with Crippen LogP contribution >= 0.6 is 0 Å². The molecule has 0 unspecified atom stereocenters. The zero-order valence-electron chi connectivity index (χ0n) is 10.5. The van der Waals surface area contributed by atoms with E-state index in [1.807, 2.05) is 0 Å². The Balaban J connectivity index is 4.23. The Kier molecular flexibility index (Phi) is 6.66. The number of hydrogen-bond acceptors (Lipinski definition) is 4. The predicted molar refractivity (Wildman–Crippen MR) is 64.4 cm³/mol. The zero-order valence-corrected chi connectivity index (χ0v) is 11.3. The Morgan fingerprint density at radius 1 is 1.41 bits per heavy atom. The van der Waals surface area contributed by atoms with Gasteiger partial charge in [0.2, 0.25) is 10.0 Å². The number of nitrogens with one attached hydrogen (secondary N) is 1. The molecule has 0 saturated heterocycles. The van der Waals surface area contributed by atoms with Gasteiger partial charge in [-0.25, -0.2) is 13.1 Å². The standard InChI is InChI=1S/C10H21NO5S/c1-4-16-7-8-17(14,15)11-10(2,3)6-5-9(12)13/h11H,4-8H2,1-3H3,(H,12,13). The van der Waals surface area contributed by atoms with Gasteiger partial charge in [-0.1, -0.05) is 0 Å². The van der Waals surface area contributed by atoms with Gasteiger partial charge in [-0.15, -0.1) is 0 Å². The first kappa shape index (κ1) is 16.3. The van der Waals surface area contributed by atoms with Crippen molar-refractivity contribution >= 4 is 16.0 Å². The topological polar surface area (TPSA) is 92.7 Å². The van der Waals surface area contributed by atoms with Gasteiger partial charge in [-0.2, -0.15) is 0 Å². The fraction of sp³-hybridized carbons (Fsp3) is 0.900. The summed E-state index contributed by atoms with van der Waals surface area (Å²) >= 11 is 0. The van der Waals surface area contributed by atoms with Crippen LogP contribution in [-0.4, -0.2) is 44.0 Å². The van der Waals surface area contributed by atoms with Crippen molar-refractivity contribution in [3.8, 4) is 0 Å². The largest absolute Gasteiger partial charge is 0.481 e. The molecule has 0 aromatic heterocycles. The molecule has 0 aliphatic rings. The third-order valence-electron chi connectivity index (χ3n) is 2.10. The fourth-order valence-corrected chi connectivity index (χ4v) is 2.64. The van der Waals surface area contributed by atoms with Crippen LogP contribution in [0.15, 0.2) is 0 Å². The molecule has 0 aliphatic carbocycles. The molecule has 7 heteroatoms. The molecule has 0 atom stereocenters. The summed E-state index contributed by atoms with van der Waals surface area (Å²) in [5.74, 6) is -1.05. The third kappa shape index (κ3) is 9.08. The molecule has 17 heavy (non-hydrogen) atoms. The highest BCUT2D eigenvalue weighted by Gasteiger charge is 2.25. The highest BCUT2D eigenvalue weighted by atomic mass is 32.2. The minimum atomic E-state index is -3.43. The zero-order chi connectivity index (χ0) is 13.5. The van der Waals surface area contributed by atoms with Crippen molar-refractivity contribution in [2.24, 2.45) is 0 Å².